The monoisotopic (exact) mass is 247 g/mol. The molecule has 18 heavy (non-hydrogen) atoms. The first-order chi connectivity index (χ1) is 8.45. The molecule has 0 heterocycles. The lowest BCUT2D eigenvalue weighted by Gasteiger charge is -2.47. The number of rotatable bonds is 3. The fraction of sp³-hybridized carbons (Fsp3) is 0.625. The number of benzene rings is 1. The first-order valence-corrected chi connectivity index (χ1v) is 6.89. The topological polar surface area (TPSA) is 32.3 Å². The van der Waals surface area contributed by atoms with E-state index in [1.807, 2.05) is 18.2 Å². The van der Waals surface area contributed by atoms with Crippen molar-refractivity contribution in [1.82, 2.24) is 0 Å². The van der Waals surface area contributed by atoms with Crippen molar-refractivity contribution in [3.63, 3.8) is 0 Å². The van der Waals surface area contributed by atoms with Crippen molar-refractivity contribution in [2.75, 3.05) is 11.9 Å². The number of para-hydroxylation sites is 1. The summed E-state index contributed by atoms with van der Waals surface area (Å²) in [6.45, 7) is 7.10. The molecule has 1 aliphatic rings. The lowest BCUT2D eigenvalue weighted by molar-refractivity contribution is 0.0750. The Hall–Kier alpha value is -1.02. The quantitative estimate of drug-likeness (QED) is 0.854. The number of hydrogen-bond donors (Lipinski definition) is 2. The van der Waals surface area contributed by atoms with Crippen molar-refractivity contribution in [2.24, 2.45) is 11.3 Å². The van der Waals surface area contributed by atoms with E-state index in [0.717, 1.165) is 18.5 Å². The van der Waals surface area contributed by atoms with Gasteiger partial charge in [0, 0.05) is 5.69 Å². The van der Waals surface area contributed by atoms with Gasteiger partial charge in [0.05, 0.1) is 12.1 Å². The molecule has 2 nitrogen and oxygen atoms in total. The summed E-state index contributed by atoms with van der Waals surface area (Å²) in [6.07, 6.45) is 3.31. The average molecular weight is 247 g/mol. The summed E-state index contributed by atoms with van der Waals surface area (Å²) < 4.78 is 0. The summed E-state index contributed by atoms with van der Waals surface area (Å²) in [5.41, 5.74) is 1.24. The molecule has 0 saturated heterocycles. The van der Waals surface area contributed by atoms with Crippen LogP contribution in [0.25, 0.3) is 0 Å². The highest BCUT2D eigenvalue weighted by molar-refractivity contribution is 5.45. The maximum absolute atomic E-state index is 9.89. The van der Waals surface area contributed by atoms with Gasteiger partial charge in [0.2, 0.25) is 0 Å². The standard InChI is InChI=1S/C16H25NO/c1-13-9-15(2,3)11-16(10-13,12-18)17-14-7-5-4-6-8-14/h4-8,13,17-18H,9-12H2,1-3H3. The summed E-state index contributed by atoms with van der Waals surface area (Å²) in [5, 5.41) is 13.5. The predicted octanol–water partition coefficient (Wildman–Crippen LogP) is 3.68. The fourth-order valence-electron chi connectivity index (χ4n) is 3.83. The molecule has 2 rings (SSSR count). The molecule has 0 spiro atoms. The lowest BCUT2D eigenvalue weighted by Crippen LogP contribution is -2.50. The van der Waals surface area contributed by atoms with Crippen molar-refractivity contribution in [1.29, 1.82) is 0 Å². The Labute approximate surface area is 110 Å². The van der Waals surface area contributed by atoms with Crippen LogP contribution in [0.1, 0.15) is 40.0 Å². The summed E-state index contributed by atoms with van der Waals surface area (Å²) in [5.74, 6) is 0.650. The van der Waals surface area contributed by atoms with Gasteiger partial charge in [-0.2, -0.15) is 0 Å². The smallest absolute Gasteiger partial charge is 0.0661 e. The van der Waals surface area contributed by atoms with Crippen LogP contribution in [0.5, 0.6) is 0 Å². The van der Waals surface area contributed by atoms with E-state index in [-0.39, 0.29) is 12.1 Å². The third-order valence-corrected chi connectivity index (χ3v) is 3.94. The minimum absolute atomic E-state index is 0.164. The second-order valence-electron chi connectivity index (χ2n) is 6.78. The zero-order valence-electron chi connectivity index (χ0n) is 11.7. The Morgan fingerprint density at radius 1 is 1.22 bits per heavy atom. The zero-order chi connectivity index (χ0) is 13.2. The van der Waals surface area contributed by atoms with Crippen LogP contribution in [-0.2, 0) is 0 Å². The van der Waals surface area contributed by atoms with Gasteiger partial charge >= 0.3 is 0 Å². The third kappa shape index (κ3) is 3.05. The van der Waals surface area contributed by atoms with Crippen LogP contribution >= 0.6 is 0 Å². The van der Waals surface area contributed by atoms with Gasteiger partial charge < -0.3 is 10.4 Å². The molecule has 0 aromatic heterocycles. The highest BCUT2D eigenvalue weighted by Gasteiger charge is 2.42. The molecule has 0 amide bonds. The lowest BCUT2D eigenvalue weighted by atomic mass is 9.64. The number of hydrogen-bond acceptors (Lipinski definition) is 2. The van der Waals surface area contributed by atoms with E-state index >= 15 is 0 Å². The molecule has 100 valence electrons. The molecule has 1 saturated carbocycles. The van der Waals surface area contributed by atoms with Crippen molar-refractivity contribution in [2.45, 2.75) is 45.6 Å². The molecule has 2 atom stereocenters. The second kappa shape index (κ2) is 4.93. The average Bonchev–Trinajstić information content (AvgIpc) is 2.27. The third-order valence-electron chi connectivity index (χ3n) is 3.94. The first kappa shape index (κ1) is 13.4. The minimum atomic E-state index is -0.164. The number of anilines is 1. The van der Waals surface area contributed by atoms with Gasteiger partial charge in [0.25, 0.3) is 0 Å². The molecule has 0 bridgehead atoms. The largest absolute Gasteiger partial charge is 0.394 e. The van der Waals surface area contributed by atoms with Gasteiger partial charge in [-0.25, -0.2) is 0 Å². The van der Waals surface area contributed by atoms with Crippen molar-refractivity contribution >= 4 is 5.69 Å². The molecule has 1 fully saturated rings. The van der Waals surface area contributed by atoms with Crippen molar-refractivity contribution in [3.8, 4) is 0 Å². The van der Waals surface area contributed by atoms with E-state index in [1.54, 1.807) is 0 Å². The van der Waals surface area contributed by atoms with E-state index in [1.165, 1.54) is 6.42 Å². The van der Waals surface area contributed by atoms with E-state index < -0.39 is 0 Å². The highest BCUT2D eigenvalue weighted by Crippen LogP contribution is 2.45. The van der Waals surface area contributed by atoms with Gasteiger partial charge in [0.1, 0.15) is 0 Å². The van der Waals surface area contributed by atoms with Gasteiger partial charge in [-0.05, 0) is 42.7 Å². The van der Waals surface area contributed by atoms with Gasteiger partial charge in [-0.15, -0.1) is 0 Å². The van der Waals surface area contributed by atoms with Crippen LogP contribution in [-0.4, -0.2) is 17.3 Å². The Morgan fingerprint density at radius 2 is 1.89 bits per heavy atom. The van der Waals surface area contributed by atoms with Crippen LogP contribution in [0.4, 0.5) is 5.69 Å². The van der Waals surface area contributed by atoms with Gasteiger partial charge in [-0.3, -0.25) is 0 Å². The number of aliphatic hydroxyl groups is 1. The first-order valence-electron chi connectivity index (χ1n) is 6.89. The highest BCUT2D eigenvalue weighted by atomic mass is 16.3. The maximum atomic E-state index is 9.89. The molecule has 2 N–H and O–H groups in total. The summed E-state index contributed by atoms with van der Waals surface area (Å²) in [6, 6.07) is 10.2. The molecule has 1 aliphatic carbocycles. The van der Waals surface area contributed by atoms with Crippen LogP contribution < -0.4 is 5.32 Å². The predicted molar refractivity (Wildman–Crippen MR) is 76.7 cm³/mol. The molecule has 0 radical (unpaired) electrons. The van der Waals surface area contributed by atoms with Crippen LogP contribution in [0, 0.1) is 11.3 Å². The second-order valence-corrected chi connectivity index (χ2v) is 6.78. The zero-order valence-corrected chi connectivity index (χ0v) is 11.7. The summed E-state index contributed by atoms with van der Waals surface area (Å²) in [7, 11) is 0. The Balaban J connectivity index is 2.20. The summed E-state index contributed by atoms with van der Waals surface area (Å²) in [4.78, 5) is 0. The minimum Gasteiger partial charge on any atom is -0.394 e. The maximum Gasteiger partial charge on any atom is 0.0661 e. The van der Waals surface area contributed by atoms with Crippen LogP contribution in [0.3, 0.4) is 0 Å². The van der Waals surface area contributed by atoms with Gasteiger partial charge in [-0.1, -0.05) is 39.0 Å². The fourth-order valence-corrected chi connectivity index (χ4v) is 3.83. The molecular formula is C16H25NO. The Morgan fingerprint density at radius 3 is 2.44 bits per heavy atom. The van der Waals surface area contributed by atoms with E-state index in [0.29, 0.717) is 11.3 Å². The Bertz CT molecular complexity index is 387. The SMILES string of the molecule is CC1CC(C)(C)CC(CO)(Nc2ccccc2)C1. The van der Waals surface area contributed by atoms with Crippen LogP contribution in [0.15, 0.2) is 30.3 Å². The molecule has 2 unspecified atom stereocenters. The van der Waals surface area contributed by atoms with E-state index in [4.69, 9.17) is 0 Å². The molecule has 0 aliphatic heterocycles. The van der Waals surface area contributed by atoms with Gasteiger partial charge in [0.15, 0.2) is 0 Å². The molecule has 2 heteroatoms. The van der Waals surface area contributed by atoms with E-state index in [2.05, 4.69) is 38.2 Å². The van der Waals surface area contributed by atoms with Crippen molar-refractivity contribution < 1.29 is 5.11 Å². The molecule has 1 aromatic rings. The van der Waals surface area contributed by atoms with Crippen LogP contribution in [0.2, 0.25) is 0 Å². The van der Waals surface area contributed by atoms with E-state index in [9.17, 15) is 5.11 Å². The molecule has 1 aromatic carbocycles. The molecular weight excluding hydrogens is 222 g/mol. The van der Waals surface area contributed by atoms with Crippen molar-refractivity contribution in [3.05, 3.63) is 30.3 Å². The number of nitrogens with one attached hydrogen (secondary N) is 1. The summed E-state index contributed by atoms with van der Waals surface area (Å²) >= 11 is 0. The normalized spacial score (nSPS) is 31.0. The Kier molecular flexibility index (Phi) is 3.67. The number of aliphatic hydroxyl groups excluding tert-OH is 1.